The van der Waals surface area contributed by atoms with E-state index in [1.54, 1.807) is 0 Å². The van der Waals surface area contributed by atoms with Crippen LogP contribution in [0.1, 0.15) is 146 Å². The predicted molar refractivity (Wildman–Crippen MR) is 187 cm³/mol. The number of aliphatic carboxylic acids is 1. The Kier molecular flexibility index (Phi) is 9.44. The second-order valence-electron chi connectivity index (χ2n) is 19.3. The van der Waals surface area contributed by atoms with Gasteiger partial charge >= 0.3 is 11.9 Å². The summed E-state index contributed by atoms with van der Waals surface area (Å²) in [5.41, 5.74) is 0.754. The molecule has 0 saturated heterocycles. The van der Waals surface area contributed by atoms with Crippen molar-refractivity contribution < 1.29 is 24.2 Å². The lowest BCUT2D eigenvalue weighted by atomic mass is 9.32. The number of carboxylic acids is 1. The van der Waals surface area contributed by atoms with E-state index in [0.717, 1.165) is 57.9 Å². The number of carbonyl (C=O) groups excluding carboxylic acids is 2. The number of nitrogens with zero attached hydrogens (tertiary/aromatic N) is 1. The maximum atomic E-state index is 14.4. The molecule has 1 N–H and O–H groups in total. The molecular formula is C41H67NO5. The van der Waals surface area contributed by atoms with Crippen molar-refractivity contribution in [3.8, 4) is 0 Å². The van der Waals surface area contributed by atoms with Gasteiger partial charge in [-0.15, -0.1) is 0 Å². The van der Waals surface area contributed by atoms with Gasteiger partial charge in [-0.1, -0.05) is 67.5 Å². The van der Waals surface area contributed by atoms with Crippen LogP contribution in [0.3, 0.4) is 0 Å². The SMILES string of the molecule is C=C(C)[C@@H]1CCC2(C(=O)N(C)CCC)CC[C@]3(C)C(CCC4C5(C)CCC(OC(=O)CC(C)(C)CC(=O)O)C(C)(C)C5CCC43C)C12. The average molecular weight is 654 g/mol. The van der Waals surface area contributed by atoms with Crippen LogP contribution in [0.4, 0.5) is 0 Å². The highest BCUT2D eigenvalue weighted by Crippen LogP contribution is 2.77. The lowest BCUT2D eigenvalue weighted by molar-refractivity contribution is -0.250. The van der Waals surface area contributed by atoms with E-state index in [4.69, 9.17) is 4.74 Å². The third kappa shape index (κ3) is 5.62. The number of allylic oxidation sites excluding steroid dienone is 1. The van der Waals surface area contributed by atoms with Gasteiger partial charge in [-0.05, 0) is 129 Å². The van der Waals surface area contributed by atoms with Gasteiger partial charge in [0, 0.05) is 19.0 Å². The molecule has 1 amide bonds. The van der Waals surface area contributed by atoms with Crippen molar-refractivity contribution in [3.63, 3.8) is 0 Å². The molecule has 6 heteroatoms. The first-order valence-electron chi connectivity index (χ1n) is 19.0. The third-order valence-electron chi connectivity index (χ3n) is 15.9. The highest BCUT2D eigenvalue weighted by Gasteiger charge is 2.72. The van der Waals surface area contributed by atoms with E-state index in [2.05, 4.69) is 59.9 Å². The van der Waals surface area contributed by atoms with E-state index >= 15 is 0 Å². The zero-order chi connectivity index (χ0) is 35.0. The van der Waals surface area contributed by atoms with Gasteiger partial charge in [0.25, 0.3) is 0 Å². The summed E-state index contributed by atoms with van der Waals surface area (Å²) in [6.45, 7) is 25.9. The third-order valence-corrected chi connectivity index (χ3v) is 15.9. The minimum absolute atomic E-state index is 0.0461. The zero-order valence-electron chi connectivity index (χ0n) is 31.6. The van der Waals surface area contributed by atoms with Gasteiger partial charge in [-0.2, -0.15) is 0 Å². The largest absolute Gasteiger partial charge is 0.481 e. The second kappa shape index (κ2) is 12.2. The molecule has 0 aromatic heterocycles. The first-order chi connectivity index (χ1) is 21.7. The highest BCUT2D eigenvalue weighted by molar-refractivity contribution is 5.84. The zero-order valence-corrected chi connectivity index (χ0v) is 31.6. The van der Waals surface area contributed by atoms with Gasteiger partial charge in [-0.3, -0.25) is 14.4 Å². The van der Waals surface area contributed by atoms with Crippen LogP contribution in [-0.4, -0.2) is 47.5 Å². The summed E-state index contributed by atoms with van der Waals surface area (Å²) in [6, 6.07) is 0. The van der Waals surface area contributed by atoms with Crippen LogP contribution in [0.25, 0.3) is 0 Å². The average Bonchev–Trinajstić information content (AvgIpc) is 3.35. The Bertz CT molecular complexity index is 1270. The van der Waals surface area contributed by atoms with Crippen molar-refractivity contribution in [2.45, 2.75) is 152 Å². The summed E-state index contributed by atoms with van der Waals surface area (Å²) >= 11 is 0. The molecule has 5 aliphatic carbocycles. The van der Waals surface area contributed by atoms with Crippen molar-refractivity contribution in [2.24, 2.45) is 62.1 Å². The topological polar surface area (TPSA) is 83.9 Å². The monoisotopic (exact) mass is 654 g/mol. The predicted octanol–water partition coefficient (Wildman–Crippen LogP) is 9.32. The van der Waals surface area contributed by atoms with Crippen LogP contribution in [0, 0.1) is 62.1 Å². The molecule has 0 aromatic carbocycles. The number of carboxylic acid groups (broad SMARTS) is 1. The quantitative estimate of drug-likeness (QED) is 0.198. The molecule has 0 aliphatic heterocycles. The first kappa shape index (κ1) is 36.4. The van der Waals surface area contributed by atoms with Gasteiger partial charge in [0.15, 0.2) is 0 Å². The molecule has 5 rings (SSSR count). The van der Waals surface area contributed by atoms with E-state index in [1.165, 1.54) is 24.8 Å². The minimum atomic E-state index is -0.882. The number of esters is 1. The van der Waals surface area contributed by atoms with E-state index in [1.807, 2.05) is 20.9 Å². The molecular weight excluding hydrogens is 586 g/mol. The molecule has 5 saturated carbocycles. The fourth-order valence-electron chi connectivity index (χ4n) is 13.6. The van der Waals surface area contributed by atoms with E-state index in [0.29, 0.717) is 35.5 Å². The Labute approximate surface area is 286 Å². The standard InChI is InChI=1S/C41H67NO5/c1-12-23-42(11)35(46)41-20-15-27(26(2)3)34(41)28-13-14-30-38(8)18-17-31(47-33(45)25-36(4,5)24-32(43)44)37(6,7)29(38)16-19-40(30,10)39(28,9)21-22-41/h27-31,34H,2,12-25H2,1,3-11H3,(H,43,44)/t27-,28?,29?,30?,31?,34?,38?,39+,40?,41?/m0/s1. The normalized spacial score (nSPS) is 42.3. The molecule has 6 nitrogen and oxygen atoms in total. The van der Waals surface area contributed by atoms with Crippen LogP contribution >= 0.6 is 0 Å². The summed E-state index contributed by atoms with van der Waals surface area (Å²) in [7, 11) is 2.03. The Hall–Kier alpha value is -1.85. The van der Waals surface area contributed by atoms with Crippen molar-refractivity contribution in [2.75, 3.05) is 13.6 Å². The van der Waals surface area contributed by atoms with Gasteiger partial charge in [0.05, 0.1) is 18.3 Å². The van der Waals surface area contributed by atoms with Gasteiger partial charge in [-0.25, -0.2) is 0 Å². The van der Waals surface area contributed by atoms with Crippen LogP contribution in [0.5, 0.6) is 0 Å². The molecule has 0 aromatic rings. The van der Waals surface area contributed by atoms with Crippen LogP contribution in [0.2, 0.25) is 0 Å². The minimum Gasteiger partial charge on any atom is -0.481 e. The highest BCUT2D eigenvalue weighted by atomic mass is 16.5. The molecule has 266 valence electrons. The number of rotatable bonds is 9. The van der Waals surface area contributed by atoms with Gasteiger partial charge < -0.3 is 14.7 Å². The van der Waals surface area contributed by atoms with E-state index in [9.17, 15) is 19.5 Å². The van der Waals surface area contributed by atoms with Gasteiger partial charge in [0.1, 0.15) is 6.10 Å². The molecule has 47 heavy (non-hydrogen) atoms. The number of hydrogen-bond donors (Lipinski definition) is 1. The Morgan fingerprint density at radius 3 is 2.17 bits per heavy atom. The smallest absolute Gasteiger partial charge is 0.306 e. The summed E-state index contributed by atoms with van der Waals surface area (Å²) in [4.78, 5) is 41.0. The molecule has 5 aliphatic rings. The molecule has 5 fully saturated rings. The fraction of sp³-hybridized carbons (Fsp3) is 0.878. The second-order valence-corrected chi connectivity index (χ2v) is 19.3. The molecule has 0 bridgehead atoms. The number of fused-ring (bicyclic) bond motifs is 7. The maximum absolute atomic E-state index is 14.4. The van der Waals surface area contributed by atoms with E-state index in [-0.39, 0.29) is 52.0 Å². The number of ether oxygens (including phenoxy) is 1. The molecule has 0 heterocycles. The Morgan fingerprint density at radius 2 is 1.55 bits per heavy atom. The summed E-state index contributed by atoms with van der Waals surface area (Å²) in [6.07, 6.45) is 11.8. The van der Waals surface area contributed by atoms with Gasteiger partial charge in [0.2, 0.25) is 5.91 Å². The van der Waals surface area contributed by atoms with Crippen LogP contribution < -0.4 is 0 Å². The molecule has 10 atom stereocenters. The van der Waals surface area contributed by atoms with Crippen LogP contribution in [0.15, 0.2) is 12.2 Å². The summed E-state index contributed by atoms with van der Waals surface area (Å²) < 4.78 is 6.26. The van der Waals surface area contributed by atoms with Crippen molar-refractivity contribution in [1.29, 1.82) is 0 Å². The lowest BCUT2D eigenvalue weighted by Gasteiger charge is -2.73. The molecule has 0 spiro atoms. The maximum Gasteiger partial charge on any atom is 0.306 e. The number of hydrogen-bond acceptors (Lipinski definition) is 4. The molecule has 0 radical (unpaired) electrons. The number of amides is 1. The van der Waals surface area contributed by atoms with Crippen molar-refractivity contribution >= 4 is 17.8 Å². The summed E-state index contributed by atoms with van der Waals surface area (Å²) in [5, 5.41) is 9.32. The lowest BCUT2D eigenvalue weighted by Crippen LogP contribution is -2.67. The van der Waals surface area contributed by atoms with E-state index < -0.39 is 11.4 Å². The summed E-state index contributed by atoms with van der Waals surface area (Å²) in [5.74, 6) is 1.64. The number of carbonyl (C=O) groups is 3. The van der Waals surface area contributed by atoms with Crippen molar-refractivity contribution in [1.82, 2.24) is 4.90 Å². The van der Waals surface area contributed by atoms with Crippen molar-refractivity contribution in [3.05, 3.63) is 12.2 Å². The molecule has 8 unspecified atom stereocenters. The first-order valence-corrected chi connectivity index (χ1v) is 19.0. The Morgan fingerprint density at radius 1 is 0.872 bits per heavy atom. The fourth-order valence-corrected chi connectivity index (χ4v) is 13.6. The Balaban J connectivity index is 1.41. The van der Waals surface area contributed by atoms with Crippen LogP contribution in [-0.2, 0) is 19.1 Å².